The molecule has 0 atom stereocenters. The van der Waals surface area contributed by atoms with Crippen molar-refractivity contribution in [1.29, 1.82) is 0 Å². The van der Waals surface area contributed by atoms with Crippen LogP contribution < -0.4 is 15.2 Å². The Hall–Kier alpha value is -2.78. The van der Waals surface area contributed by atoms with Gasteiger partial charge in [-0.25, -0.2) is 0 Å². The second-order valence-corrected chi connectivity index (χ2v) is 6.85. The number of nitrogens with two attached hydrogens (primary N) is 1. The van der Waals surface area contributed by atoms with E-state index in [1.165, 1.54) is 11.1 Å². The third kappa shape index (κ3) is 5.11. The molecule has 0 spiro atoms. The summed E-state index contributed by atoms with van der Waals surface area (Å²) in [5.41, 5.74) is 10.3. The minimum absolute atomic E-state index is 0.462. The first kappa shape index (κ1) is 19.0. The van der Waals surface area contributed by atoms with Gasteiger partial charge in [-0.05, 0) is 40.3 Å². The maximum absolute atomic E-state index is 6.09. The van der Waals surface area contributed by atoms with Gasteiger partial charge < -0.3 is 15.2 Å². The van der Waals surface area contributed by atoms with E-state index in [0.717, 1.165) is 22.6 Å². The van der Waals surface area contributed by atoms with E-state index in [2.05, 4.69) is 56.3 Å². The molecule has 0 heterocycles. The molecule has 0 unspecified atom stereocenters. The van der Waals surface area contributed by atoms with Crippen LogP contribution in [0.4, 0.5) is 0 Å². The number of rotatable bonds is 8. The molecule has 0 radical (unpaired) electrons. The van der Waals surface area contributed by atoms with Gasteiger partial charge >= 0.3 is 0 Å². The van der Waals surface area contributed by atoms with Crippen molar-refractivity contribution in [3.63, 3.8) is 0 Å². The van der Waals surface area contributed by atoms with Gasteiger partial charge in [-0.3, -0.25) is 0 Å². The summed E-state index contributed by atoms with van der Waals surface area (Å²) in [7, 11) is 0. The first-order valence-electron chi connectivity index (χ1n) is 9.41. The summed E-state index contributed by atoms with van der Waals surface area (Å²) in [6.45, 7) is 5.84. The number of ether oxygens (including phenoxy) is 2. The van der Waals surface area contributed by atoms with Crippen LogP contribution in [0.5, 0.6) is 11.5 Å². The van der Waals surface area contributed by atoms with Gasteiger partial charge in [0.15, 0.2) is 11.5 Å². The van der Waals surface area contributed by atoms with E-state index < -0.39 is 0 Å². The van der Waals surface area contributed by atoms with Crippen LogP contribution in [0, 0.1) is 0 Å². The van der Waals surface area contributed by atoms with Crippen LogP contribution in [0.2, 0.25) is 0 Å². The maximum Gasteiger partial charge on any atom is 0.162 e. The molecule has 0 bridgehead atoms. The Morgan fingerprint density at radius 1 is 0.778 bits per heavy atom. The van der Waals surface area contributed by atoms with Gasteiger partial charge in [-0.1, -0.05) is 74.5 Å². The topological polar surface area (TPSA) is 44.5 Å². The molecule has 140 valence electrons. The fraction of sp³-hybridized carbons (Fsp3) is 0.250. The summed E-state index contributed by atoms with van der Waals surface area (Å²) in [6.07, 6.45) is 0. The largest absolute Gasteiger partial charge is 0.488 e. The van der Waals surface area contributed by atoms with Crippen molar-refractivity contribution in [1.82, 2.24) is 0 Å². The molecule has 0 saturated carbocycles. The third-order valence-corrected chi connectivity index (χ3v) is 4.44. The fourth-order valence-electron chi connectivity index (χ4n) is 2.90. The van der Waals surface area contributed by atoms with Gasteiger partial charge in [0.2, 0.25) is 0 Å². The predicted octanol–water partition coefficient (Wildman–Crippen LogP) is 5.39. The molecule has 0 aliphatic carbocycles. The second-order valence-electron chi connectivity index (χ2n) is 6.85. The van der Waals surface area contributed by atoms with E-state index in [9.17, 15) is 0 Å². The molecule has 3 rings (SSSR count). The molecule has 0 aliphatic rings. The van der Waals surface area contributed by atoms with Gasteiger partial charge in [0.25, 0.3) is 0 Å². The summed E-state index contributed by atoms with van der Waals surface area (Å²) < 4.78 is 11.9. The van der Waals surface area contributed by atoms with Crippen molar-refractivity contribution in [3.05, 3.63) is 83.9 Å². The van der Waals surface area contributed by atoms with Crippen LogP contribution in [-0.2, 0) is 6.61 Å². The van der Waals surface area contributed by atoms with E-state index in [-0.39, 0.29) is 0 Å². The van der Waals surface area contributed by atoms with Crippen LogP contribution in [0.25, 0.3) is 11.1 Å². The number of benzene rings is 3. The van der Waals surface area contributed by atoms with Gasteiger partial charge in [0.1, 0.15) is 13.2 Å². The average molecular weight is 361 g/mol. The van der Waals surface area contributed by atoms with Crippen molar-refractivity contribution in [3.8, 4) is 22.6 Å². The molecule has 3 nitrogen and oxygen atoms in total. The molecule has 3 aromatic rings. The van der Waals surface area contributed by atoms with E-state index in [1.54, 1.807) is 0 Å². The van der Waals surface area contributed by atoms with Crippen molar-refractivity contribution in [2.75, 3.05) is 13.2 Å². The van der Waals surface area contributed by atoms with Gasteiger partial charge in [-0.15, -0.1) is 0 Å². The first-order chi connectivity index (χ1) is 13.2. The average Bonchev–Trinajstić information content (AvgIpc) is 2.72. The summed E-state index contributed by atoms with van der Waals surface area (Å²) in [5.74, 6) is 1.95. The van der Waals surface area contributed by atoms with E-state index >= 15 is 0 Å². The Kier molecular flexibility index (Phi) is 6.50. The molecule has 3 aromatic carbocycles. The molecule has 0 fully saturated rings. The van der Waals surface area contributed by atoms with Gasteiger partial charge in [-0.2, -0.15) is 0 Å². The second kappa shape index (κ2) is 9.24. The lowest BCUT2D eigenvalue weighted by molar-refractivity contribution is 0.266. The van der Waals surface area contributed by atoms with Crippen LogP contribution >= 0.6 is 0 Å². The Labute approximate surface area is 161 Å². The molecule has 0 aromatic heterocycles. The fourth-order valence-corrected chi connectivity index (χ4v) is 2.90. The molecule has 3 heteroatoms. The Bertz CT molecular complexity index is 859. The van der Waals surface area contributed by atoms with Crippen molar-refractivity contribution in [2.45, 2.75) is 26.4 Å². The normalized spacial score (nSPS) is 10.8. The molecule has 0 aliphatic heterocycles. The Morgan fingerprint density at radius 2 is 1.56 bits per heavy atom. The SMILES string of the molecule is CC(C)c1cccc(-c2ccc(OCCN)c(OCc3ccccc3)c2)c1. The van der Waals surface area contributed by atoms with E-state index in [4.69, 9.17) is 15.2 Å². The monoisotopic (exact) mass is 361 g/mol. The molecular formula is C24H27NO2. The summed E-state index contributed by atoms with van der Waals surface area (Å²) in [4.78, 5) is 0. The summed E-state index contributed by atoms with van der Waals surface area (Å²) in [6, 6.07) is 24.9. The molecule has 2 N–H and O–H groups in total. The minimum Gasteiger partial charge on any atom is -0.488 e. The number of hydrogen-bond donors (Lipinski definition) is 1. The molecule has 27 heavy (non-hydrogen) atoms. The van der Waals surface area contributed by atoms with Crippen molar-refractivity contribution >= 4 is 0 Å². The minimum atomic E-state index is 0.462. The van der Waals surface area contributed by atoms with Crippen LogP contribution in [-0.4, -0.2) is 13.2 Å². The Morgan fingerprint density at radius 3 is 2.30 bits per heavy atom. The standard InChI is InChI=1S/C24H27NO2/c1-18(2)20-9-6-10-21(15-20)22-11-12-23(26-14-13-25)24(16-22)27-17-19-7-4-3-5-8-19/h3-12,15-16,18H,13-14,17,25H2,1-2H3. The van der Waals surface area contributed by atoms with E-state index in [1.807, 2.05) is 30.3 Å². The lowest BCUT2D eigenvalue weighted by atomic mass is 9.97. The summed E-state index contributed by atoms with van der Waals surface area (Å²) >= 11 is 0. The van der Waals surface area contributed by atoms with Gasteiger partial charge in [0, 0.05) is 6.54 Å². The van der Waals surface area contributed by atoms with E-state index in [0.29, 0.717) is 25.7 Å². The highest BCUT2D eigenvalue weighted by Gasteiger charge is 2.10. The maximum atomic E-state index is 6.09. The molecule has 0 amide bonds. The smallest absolute Gasteiger partial charge is 0.162 e. The lowest BCUT2D eigenvalue weighted by Gasteiger charge is -2.15. The van der Waals surface area contributed by atoms with Crippen molar-refractivity contribution < 1.29 is 9.47 Å². The zero-order valence-electron chi connectivity index (χ0n) is 16.0. The zero-order valence-corrected chi connectivity index (χ0v) is 16.0. The summed E-state index contributed by atoms with van der Waals surface area (Å²) in [5, 5.41) is 0. The molecule has 0 saturated heterocycles. The number of hydrogen-bond acceptors (Lipinski definition) is 3. The molecular weight excluding hydrogens is 334 g/mol. The zero-order chi connectivity index (χ0) is 19.1. The van der Waals surface area contributed by atoms with Gasteiger partial charge in [0.05, 0.1) is 0 Å². The Balaban J connectivity index is 1.88. The lowest BCUT2D eigenvalue weighted by Crippen LogP contribution is -2.11. The third-order valence-electron chi connectivity index (χ3n) is 4.44. The highest BCUT2D eigenvalue weighted by Crippen LogP contribution is 2.34. The highest BCUT2D eigenvalue weighted by molar-refractivity contribution is 5.68. The van der Waals surface area contributed by atoms with Crippen LogP contribution in [0.3, 0.4) is 0 Å². The quantitative estimate of drug-likeness (QED) is 0.585. The van der Waals surface area contributed by atoms with Crippen molar-refractivity contribution in [2.24, 2.45) is 5.73 Å². The van der Waals surface area contributed by atoms with Crippen LogP contribution in [0.15, 0.2) is 72.8 Å². The predicted molar refractivity (Wildman–Crippen MR) is 111 cm³/mol. The highest BCUT2D eigenvalue weighted by atomic mass is 16.5. The first-order valence-corrected chi connectivity index (χ1v) is 9.41. The van der Waals surface area contributed by atoms with Crippen LogP contribution in [0.1, 0.15) is 30.9 Å².